The van der Waals surface area contributed by atoms with Crippen LogP contribution in [0.2, 0.25) is 6.04 Å². The lowest BCUT2D eigenvalue weighted by Crippen LogP contribution is -2.48. The summed E-state index contributed by atoms with van der Waals surface area (Å²) in [5.41, 5.74) is 0.172. The summed E-state index contributed by atoms with van der Waals surface area (Å²) in [6, 6.07) is 0.871. The summed E-state index contributed by atoms with van der Waals surface area (Å²) in [4.78, 5) is 0. The van der Waals surface area contributed by atoms with Gasteiger partial charge in [0.25, 0.3) is 0 Å². The zero-order chi connectivity index (χ0) is 11.9. The van der Waals surface area contributed by atoms with Crippen molar-refractivity contribution in [1.29, 1.82) is 0 Å². The summed E-state index contributed by atoms with van der Waals surface area (Å²) < 4.78 is 17.3. The maximum atomic E-state index is 5.78. The highest BCUT2D eigenvalue weighted by molar-refractivity contribution is 6.60. The van der Waals surface area contributed by atoms with E-state index in [1.54, 1.807) is 0 Å². The topological polar surface area (TPSA) is 27.7 Å². The standard InChI is InChI=1S/C11H26O3Si/c1-7-12-15(13-8-2,14-9-3)10-11(4,5)6/h7-10H2,1-6H3. The van der Waals surface area contributed by atoms with Gasteiger partial charge in [0.2, 0.25) is 0 Å². The molecule has 0 aromatic carbocycles. The van der Waals surface area contributed by atoms with Gasteiger partial charge in [0, 0.05) is 25.9 Å². The third kappa shape index (κ3) is 6.30. The van der Waals surface area contributed by atoms with Crippen molar-refractivity contribution in [3.8, 4) is 0 Å². The number of rotatable bonds is 7. The first-order valence-electron chi connectivity index (χ1n) is 5.81. The van der Waals surface area contributed by atoms with E-state index >= 15 is 0 Å². The Bertz CT molecular complexity index is 149. The van der Waals surface area contributed by atoms with E-state index in [0.717, 1.165) is 6.04 Å². The van der Waals surface area contributed by atoms with Crippen LogP contribution < -0.4 is 0 Å². The van der Waals surface area contributed by atoms with E-state index in [1.807, 2.05) is 20.8 Å². The Hall–Kier alpha value is 0.0969. The Morgan fingerprint density at radius 3 is 1.33 bits per heavy atom. The second-order valence-corrected chi connectivity index (χ2v) is 7.31. The summed E-state index contributed by atoms with van der Waals surface area (Å²) in [6.45, 7) is 14.5. The molecule has 0 heterocycles. The molecule has 0 fully saturated rings. The molecule has 0 radical (unpaired) electrons. The third-order valence-electron chi connectivity index (χ3n) is 1.84. The maximum absolute atomic E-state index is 5.78. The molecular formula is C11H26O3Si. The fourth-order valence-corrected chi connectivity index (χ4v) is 4.76. The van der Waals surface area contributed by atoms with Gasteiger partial charge in [0.1, 0.15) is 0 Å². The number of hydrogen-bond donors (Lipinski definition) is 0. The van der Waals surface area contributed by atoms with Crippen LogP contribution in [-0.4, -0.2) is 28.6 Å². The lowest BCUT2D eigenvalue weighted by molar-refractivity contribution is 0.0630. The normalized spacial score (nSPS) is 13.2. The van der Waals surface area contributed by atoms with Crippen molar-refractivity contribution >= 4 is 8.80 Å². The van der Waals surface area contributed by atoms with E-state index in [4.69, 9.17) is 13.3 Å². The molecule has 0 saturated carbocycles. The maximum Gasteiger partial charge on any atom is 0.501 e. The fraction of sp³-hybridized carbons (Fsp3) is 1.00. The van der Waals surface area contributed by atoms with Crippen LogP contribution in [0.25, 0.3) is 0 Å². The molecule has 0 amide bonds. The average Bonchev–Trinajstić information content (AvgIpc) is 2.01. The first kappa shape index (κ1) is 15.1. The van der Waals surface area contributed by atoms with Crippen LogP contribution in [0.3, 0.4) is 0 Å². The second-order valence-electron chi connectivity index (χ2n) is 4.72. The van der Waals surface area contributed by atoms with Crippen LogP contribution >= 0.6 is 0 Å². The largest absolute Gasteiger partial charge is 0.501 e. The minimum Gasteiger partial charge on any atom is -0.374 e. The molecule has 0 aromatic heterocycles. The first-order valence-corrected chi connectivity index (χ1v) is 7.74. The SMILES string of the molecule is CCO[Si](CC(C)(C)C)(OCC)OCC. The molecule has 4 heteroatoms. The smallest absolute Gasteiger partial charge is 0.374 e. The van der Waals surface area contributed by atoms with Crippen molar-refractivity contribution in [3.05, 3.63) is 0 Å². The van der Waals surface area contributed by atoms with E-state index in [-0.39, 0.29) is 5.41 Å². The van der Waals surface area contributed by atoms with Gasteiger partial charge in [-0.15, -0.1) is 0 Å². The van der Waals surface area contributed by atoms with E-state index in [2.05, 4.69) is 20.8 Å². The van der Waals surface area contributed by atoms with Crippen molar-refractivity contribution in [2.75, 3.05) is 19.8 Å². The summed E-state index contributed by atoms with van der Waals surface area (Å²) in [5, 5.41) is 0. The summed E-state index contributed by atoms with van der Waals surface area (Å²) in [7, 11) is -2.43. The van der Waals surface area contributed by atoms with Crippen molar-refractivity contribution in [2.45, 2.75) is 47.6 Å². The van der Waals surface area contributed by atoms with Crippen molar-refractivity contribution in [1.82, 2.24) is 0 Å². The van der Waals surface area contributed by atoms with Gasteiger partial charge in [-0.3, -0.25) is 0 Å². The molecule has 0 rings (SSSR count). The van der Waals surface area contributed by atoms with Crippen molar-refractivity contribution in [3.63, 3.8) is 0 Å². The average molecular weight is 234 g/mol. The zero-order valence-corrected chi connectivity index (χ0v) is 12.1. The molecule has 0 unspecified atom stereocenters. The molecule has 15 heavy (non-hydrogen) atoms. The molecule has 0 atom stereocenters. The molecule has 3 nitrogen and oxygen atoms in total. The van der Waals surface area contributed by atoms with Crippen LogP contribution in [0.1, 0.15) is 41.5 Å². The van der Waals surface area contributed by atoms with Crippen LogP contribution in [0.4, 0.5) is 0 Å². The highest BCUT2D eigenvalue weighted by Crippen LogP contribution is 2.29. The van der Waals surface area contributed by atoms with Gasteiger partial charge in [-0.2, -0.15) is 0 Å². The number of hydrogen-bond acceptors (Lipinski definition) is 3. The summed E-state index contributed by atoms with van der Waals surface area (Å²) in [6.07, 6.45) is 0. The highest BCUT2D eigenvalue weighted by Gasteiger charge is 2.43. The first-order chi connectivity index (χ1) is 6.89. The van der Waals surface area contributed by atoms with Crippen LogP contribution in [0, 0.1) is 5.41 Å². The molecule has 0 spiro atoms. The molecule has 0 bridgehead atoms. The van der Waals surface area contributed by atoms with Gasteiger partial charge in [-0.05, 0) is 26.2 Å². The highest BCUT2D eigenvalue weighted by atomic mass is 28.4. The Balaban J connectivity index is 4.60. The predicted octanol–water partition coefficient (Wildman–Crippen LogP) is 3.08. The fourth-order valence-electron chi connectivity index (χ4n) is 1.59. The monoisotopic (exact) mass is 234 g/mol. The molecule has 0 aliphatic rings. The minimum atomic E-state index is -2.43. The van der Waals surface area contributed by atoms with Gasteiger partial charge in [-0.25, -0.2) is 0 Å². The van der Waals surface area contributed by atoms with Crippen molar-refractivity contribution in [2.24, 2.45) is 5.41 Å². The van der Waals surface area contributed by atoms with E-state index in [9.17, 15) is 0 Å². The minimum absolute atomic E-state index is 0.172. The quantitative estimate of drug-likeness (QED) is 0.634. The van der Waals surface area contributed by atoms with Crippen molar-refractivity contribution < 1.29 is 13.3 Å². The molecule has 0 N–H and O–H groups in total. The Morgan fingerprint density at radius 2 is 1.13 bits per heavy atom. The summed E-state index contributed by atoms with van der Waals surface area (Å²) in [5.74, 6) is 0. The summed E-state index contributed by atoms with van der Waals surface area (Å²) >= 11 is 0. The van der Waals surface area contributed by atoms with Gasteiger partial charge in [0.05, 0.1) is 0 Å². The molecule has 0 saturated heterocycles. The van der Waals surface area contributed by atoms with Crippen LogP contribution in [0.5, 0.6) is 0 Å². The van der Waals surface area contributed by atoms with E-state index in [0.29, 0.717) is 19.8 Å². The second kappa shape index (κ2) is 6.63. The zero-order valence-electron chi connectivity index (χ0n) is 11.1. The molecule has 0 aromatic rings. The van der Waals surface area contributed by atoms with Gasteiger partial charge >= 0.3 is 8.80 Å². The van der Waals surface area contributed by atoms with Crippen LogP contribution in [0.15, 0.2) is 0 Å². The Kier molecular flexibility index (Phi) is 6.67. The predicted molar refractivity (Wildman–Crippen MR) is 64.9 cm³/mol. The van der Waals surface area contributed by atoms with E-state index in [1.165, 1.54) is 0 Å². The lowest BCUT2D eigenvalue weighted by Gasteiger charge is -2.33. The van der Waals surface area contributed by atoms with Crippen LogP contribution in [-0.2, 0) is 13.3 Å². The Morgan fingerprint density at radius 1 is 0.800 bits per heavy atom. The third-order valence-corrected chi connectivity index (χ3v) is 5.52. The van der Waals surface area contributed by atoms with Gasteiger partial charge < -0.3 is 13.3 Å². The van der Waals surface area contributed by atoms with Gasteiger partial charge in [0.15, 0.2) is 0 Å². The molecule has 92 valence electrons. The molecular weight excluding hydrogens is 208 g/mol. The Labute approximate surface area is 95.5 Å². The lowest BCUT2D eigenvalue weighted by atomic mass is 10.0. The molecule has 0 aliphatic carbocycles. The van der Waals surface area contributed by atoms with Gasteiger partial charge in [-0.1, -0.05) is 20.8 Å². The molecule has 0 aliphatic heterocycles. The van der Waals surface area contributed by atoms with E-state index < -0.39 is 8.80 Å².